The number of nitrogens with zero attached hydrogens (tertiary/aromatic N) is 3. The van der Waals surface area contributed by atoms with Gasteiger partial charge in [-0.15, -0.1) is 0 Å². The summed E-state index contributed by atoms with van der Waals surface area (Å²) in [5, 5.41) is 3.33. The molecule has 0 aliphatic carbocycles. The number of hydrogen-bond donors (Lipinski definition) is 2. The number of nitrogens with two attached hydrogens (primary N) is 1. The molecule has 5 heteroatoms. The summed E-state index contributed by atoms with van der Waals surface area (Å²) in [4.78, 5) is 13.2. The summed E-state index contributed by atoms with van der Waals surface area (Å²) in [6, 6.07) is 5.93. The van der Waals surface area contributed by atoms with Crippen LogP contribution in [0.4, 0.5) is 11.6 Å². The van der Waals surface area contributed by atoms with Gasteiger partial charge in [0.2, 0.25) is 0 Å². The second kappa shape index (κ2) is 6.32. The van der Waals surface area contributed by atoms with Gasteiger partial charge in [0, 0.05) is 36.3 Å². The molecular weight excluding hydrogens is 250 g/mol. The molecule has 2 aromatic rings. The number of nitrogen functional groups attached to an aromatic ring is 1. The molecule has 0 aliphatic heterocycles. The van der Waals surface area contributed by atoms with E-state index in [1.807, 2.05) is 25.1 Å². The molecule has 0 bridgehead atoms. The van der Waals surface area contributed by atoms with E-state index in [4.69, 9.17) is 5.73 Å². The average Bonchev–Trinajstić information content (AvgIpc) is 2.44. The van der Waals surface area contributed by atoms with Gasteiger partial charge in [-0.1, -0.05) is 19.9 Å². The highest BCUT2D eigenvalue weighted by molar-refractivity contribution is 5.55. The summed E-state index contributed by atoms with van der Waals surface area (Å²) < 4.78 is 0. The van der Waals surface area contributed by atoms with Crippen LogP contribution in [0, 0.1) is 6.92 Å². The van der Waals surface area contributed by atoms with Gasteiger partial charge < -0.3 is 11.1 Å². The van der Waals surface area contributed by atoms with E-state index < -0.39 is 0 Å². The van der Waals surface area contributed by atoms with Crippen molar-refractivity contribution < 1.29 is 0 Å². The Morgan fingerprint density at radius 3 is 2.70 bits per heavy atom. The van der Waals surface area contributed by atoms with E-state index in [1.54, 1.807) is 6.20 Å². The molecule has 2 heterocycles. The molecule has 0 unspecified atom stereocenters. The number of pyridine rings is 1. The second-order valence-corrected chi connectivity index (χ2v) is 5.09. The third-order valence-corrected chi connectivity index (χ3v) is 3.12. The fourth-order valence-corrected chi connectivity index (χ4v) is 1.84. The Kier molecular flexibility index (Phi) is 4.50. The highest BCUT2D eigenvalue weighted by Gasteiger charge is 2.10. The van der Waals surface area contributed by atoms with E-state index in [0.717, 1.165) is 35.9 Å². The van der Waals surface area contributed by atoms with Gasteiger partial charge in [-0.2, -0.15) is 0 Å². The molecule has 0 aliphatic rings. The number of rotatable bonds is 5. The van der Waals surface area contributed by atoms with Gasteiger partial charge in [0.25, 0.3) is 0 Å². The Morgan fingerprint density at radius 2 is 2.05 bits per heavy atom. The van der Waals surface area contributed by atoms with Crippen molar-refractivity contribution in [1.29, 1.82) is 0 Å². The summed E-state index contributed by atoms with van der Waals surface area (Å²) >= 11 is 0. The Labute approximate surface area is 119 Å². The smallest absolute Gasteiger partial charge is 0.135 e. The topological polar surface area (TPSA) is 76.7 Å². The van der Waals surface area contributed by atoms with Crippen molar-refractivity contribution in [1.82, 2.24) is 15.0 Å². The minimum atomic E-state index is 0.259. The van der Waals surface area contributed by atoms with Gasteiger partial charge >= 0.3 is 0 Å². The third kappa shape index (κ3) is 3.44. The molecular formula is C15H21N5. The molecule has 2 aromatic heterocycles. The van der Waals surface area contributed by atoms with Crippen molar-refractivity contribution >= 4 is 11.6 Å². The van der Waals surface area contributed by atoms with E-state index >= 15 is 0 Å². The maximum absolute atomic E-state index is 5.94. The molecule has 2 rings (SSSR count). The van der Waals surface area contributed by atoms with Crippen LogP contribution >= 0.6 is 0 Å². The zero-order valence-electron chi connectivity index (χ0n) is 12.2. The molecule has 0 saturated carbocycles. The molecule has 0 amide bonds. The van der Waals surface area contributed by atoms with E-state index in [1.165, 1.54) is 0 Å². The maximum atomic E-state index is 5.94. The fraction of sp³-hybridized carbons (Fsp3) is 0.400. The monoisotopic (exact) mass is 271 g/mol. The van der Waals surface area contributed by atoms with Gasteiger partial charge in [-0.25, -0.2) is 9.97 Å². The highest BCUT2D eigenvalue weighted by Crippen LogP contribution is 2.20. The fourth-order valence-electron chi connectivity index (χ4n) is 1.84. The van der Waals surface area contributed by atoms with Gasteiger partial charge in [0.15, 0.2) is 0 Å². The van der Waals surface area contributed by atoms with Crippen LogP contribution in [0.5, 0.6) is 0 Å². The van der Waals surface area contributed by atoms with Crippen molar-refractivity contribution in [3.63, 3.8) is 0 Å². The quantitative estimate of drug-likeness (QED) is 0.874. The lowest BCUT2D eigenvalue weighted by Gasteiger charge is -2.13. The standard InChI is InChI=1S/C15H21N5/c1-10(2)14-19-13(16)11(3)15(20-14)18-9-7-12-6-4-5-8-17-12/h4-6,8,10H,7,9H2,1-3H3,(H3,16,18,19,20). The maximum Gasteiger partial charge on any atom is 0.135 e. The Hall–Kier alpha value is -2.17. The highest BCUT2D eigenvalue weighted by atomic mass is 15.1. The first kappa shape index (κ1) is 14.2. The minimum Gasteiger partial charge on any atom is -0.383 e. The van der Waals surface area contributed by atoms with Crippen LogP contribution in [0.3, 0.4) is 0 Å². The van der Waals surface area contributed by atoms with Crippen molar-refractivity contribution in [2.24, 2.45) is 0 Å². The molecule has 3 N–H and O–H groups in total. The van der Waals surface area contributed by atoms with Crippen molar-refractivity contribution in [3.8, 4) is 0 Å². The van der Waals surface area contributed by atoms with Crippen molar-refractivity contribution in [2.75, 3.05) is 17.6 Å². The van der Waals surface area contributed by atoms with Crippen LogP contribution in [0.1, 0.15) is 36.8 Å². The Morgan fingerprint density at radius 1 is 1.25 bits per heavy atom. The van der Waals surface area contributed by atoms with Crippen LogP contribution in [-0.2, 0) is 6.42 Å². The van der Waals surface area contributed by atoms with E-state index in [9.17, 15) is 0 Å². The zero-order valence-corrected chi connectivity index (χ0v) is 12.2. The minimum absolute atomic E-state index is 0.259. The van der Waals surface area contributed by atoms with Crippen LogP contribution in [0.2, 0.25) is 0 Å². The predicted molar refractivity (Wildman–Crippen MR) is 81.7 cm³/mol. The normalized spacial score (nSPS) is 10.8. The third-order valence-electron chi connectivity index (χ3n) is 3.12. The first-order valence-electron chi connectivity index (χ1n) is 6.85. The molecule has 0 saturated heterocycles. The summed E-state index contributed by atoms with van der Waals surface area (Å²) in [7, 11) is 0. The van der Waals surface area contributed by atoms with Crippen LogP contribution in [0.25, 0.3) is 0 Å². The summed E-state index contributed by atoms with van der Waals surface area (Å²) in [5.74, 6) is 2.39. The molecule has 106 valence electrons. The Bertz CT molecular complexity index is 566. The number of aromatic nitrogens is 3. The molecule has 20 heavy (non-hydrogen) atoms. The number of hydrogen-bond acceptors (Lipinski definition) is 5. The van der Waals surface area contributed by atoms with E-state index in [0.29, 0.717) is 5.82 Å². The number of anilines is 2. The summed E-state index contributed by atoms with van der Waals surface area (Å²) in [6.45, 7) is 6.82. The van der Waals surface area contributed by atoms with Crippen LogP contribution < -0.4 is 11.1 Å². The van der Waals surface area contributed by atoms with Gasteiger partial charge in [-0.05, 0) is 19.1 Å². The molecule has 5 nitrogen and oxygen atoms in total. The van der Waals surface area contributed by atoms with E-state index in [2.05, 4.69) is 34.1 Å². The van der Waals surface area contributed by atoms with Crippen LogP contribution in [0.15, 0.2) is 24.4 Å². The van der Waals surface area contributed by atoms with Gasteiger partial charge in [-0.3, -0.25) is 4.98 Å². The first-order valence-corrected chi connectivity index (χ1v) is 6.85. The number of nitrogens with one attached hydrogen (secondary N) is 1. The zero-order chi connectivity index (χ0) is 14.5. The lowest BCUT2D eigenvalue weighted by Crippen LogP contribution is -2.12. The van der Waals surface area contributed by atoms with Crippen LogP contribution in [-0.4, -0.2) is 21.5 Å². The molecule has 0 atom stereocenters. The molecule has 0 radical (unpaired) electrons. The lowest BCUT2D eigenvalue weighted by atomic mass is 10.2. The molecule has 0 fully saturated rings. The van der Waals surface area contributed by atoms with E-state index in [-0.39, 0.29) is 5.92 Å². The van der Waals surface area contributed by atoms with Crippen molar-refractivity contribution in [3.05, 3.63) is 41.5 Å². The Balaban J connectivity index is 2.05. The van der Waals surface area contributed by atoms with Gasteiger partial charge in [0.1, 0.15) is 17.5 Å². The first-order chi connectivity index (χ1) is 9.58. The average molecular weight is 271 g/mol. The van der Waals surface area contributed by atoms with Gasteiger partial charge in [0.05, 0.1) is 0 Å². The molecule has 0 spiro atoms. The lowest BCUT2D eigenvalue weighted by molar-refractivity contribution is 0.773. The van der Waals surface area contributed by atoms with Crippen molar-refractivity contribution in [2.45, 2.75) is 33.1 Å². The SMILES string of the molecule is Cc1c(N)nc(C(C)C)nc1NCCc1ccccn1. The predicted octanol–water partition coefficient (Wildman–Crippen LogP) is 2.54. The summed E-state index contributed by atoms with van der Waals surface area (Å²) in [6.07, 6.45) is 2.65. The largest absolute Gasteiger partial charge is 0.383 e. The second-order valence-electron chi connectivity index (χ2n) is 5.09. The molecule has 0 aromatic carbocycles. The summed E-state index contributed by atoms with van der Waals surface area (Å²) in [5.41, 5.74) is 7.90.